The highest BCUT2D eigenvalue weighted by Gasteiger charge is 2.11. The van der Waals surface area contributed by atoms with Crippen molar-refractivity contribution in [1.82, 2.24) is 14.9 Å². The van der Waals surface area contributed by atoms with E-state index in [0.29, 0.717) is 23.9 Å². The Morgan fingerprint density at radius 1 is 1.16 bits per heavy atom. The quantitative estimate of drug-likeness (QED) is 0.746. The Balaban J connectivity index is 1.63. The smallest absolute Gasteiger partial charge is 0.238 e. The molecule has 0 radical (unpaired) electrons. The number of nitrogens with two attached hydrogens (primary N) is 1. The molecule has 1 heterocycles. The van der Waals surface area contributed by atoms with Gasteiger partial charge in [-0.05, 0) is 43.4 Å². The van der Waals surface area contributed by atoms with Gasteiger partial charge in [-0.2, -0.15) is 0 Å². The minimum atomic E-state index is -0.346. The lowest BCUT2D eigenvalue weighted by atomic mass is 10.2. The summed E-state index contributed by atoms with van der Waals surface area (Å²) >= 11 is 0. The van der Waals surface area contributed by atoms with Gasteiger partial charge >= 0.3 is 0 Å². The second kappa shape index (κ2) is 7.23. The normalized spacial score (nSPS) is 11.0. The van der Waals surface area contributed by atoms with Crippen LogP contribution in [0.15, 0.2) is 48.5 Å². The molecule has 0 atom stereocenters. The maximum absolute atomic E-state index is 12.9. The number of nitrogens with zero attached hydrogens (tertiary/aromatic N) is 3. The number of likely N-dealkylation sites (N-methyl/N-ethyl adjacent to an activating group) is 1. The molecule has 0 bridgehead atoms. The Morgan fingerprint density at radius 3 is 2.64 bits per heavy atom. The lowest BCUT2D eigenvalue weighted by Crippen LogP contribution is -2.30. The lowest BCUT2D eigenvalue weighted by Gasteiger charge is -2.16. The van der Waals surface area contributed by atoms with Crippen LogP contribution in [-0.2, 0) is 11.3 Å². The zero-order valence-electron chi connectivity index (χ0n) is 13.7. The van der Waals surface area contributed by atoms with E-state index in [4.69, 9.17) is 5.73 Å². The molecular weight excluding hydrogens is 321 g/mol. The number of anilines is 2. The summed E-state index contributed by atoms with van der Waals surface area (Å²) in [4.78, 5) is 22.6. The lowest BCUT2D eigenvalue weighted by molar-refractivity contribution is -0.117. The van der Waals surface area contributed by atoms with Crippen LogP contribution < -0.4 is 11.1 Å². The Labute approximate surface area is 144 Å². The number of fused-ring (bicyclic) bond motifs is 1. The zero-order chi connectivity index (χ0) is 17.8. The van der Waals surface area contributed by atoms with E-state index in [2.05, 4.69) is 15.3 Å². The van der Waals surface area contributed by atoms with Crippen LogP contribution in [0.1, 0.15) is 5.82 Å². The summed E-state index contributed by atoms with van der Waals surface area (Å²) in [5.74, 6) is 0.419. The largest absolute Gasteiger partial charge is 0.383 e. The molecule has 1 amide bonds. The number of halogens is 1. The van der Waals surface area contributed by atoms with Crippen LogP contribution in [0, 0.1) is 5.82 Å². The van der Waals surface area contributed by atoms with Crippen molar-refractivity contribution < 1.29 is 9.18 Å². The van der Waals surface area contributed by atoms with Crippen LogP contribution in [0.3, 0.4) is 0 Å². The third kappa shape index (κ3) is 4.27. The summed E-state index contributed by atoms with van der Waals surface area (Å²) in [5.41, 5.74) is 7.29. The first-order valence-corrected chi connectivity index (χ1v) is 7.76. The molecule has 0 aliphatic heterocycles. The van der Waals surface area contributed by atoms with Crippen molar-refractivity contribution in [1.29, 1.82) is 0 Å². The summed E-state index contributed by atoms with van der Waals surface area (Å²) < 4.78 is 12.9. The number of aromatic nitrogens is 2. The first-order valence-electron chi connectivity index (χ1n) is 7.76. The molecule has 0 aliphatic carbocycles. The van der Waals surface area contributed by atoms with Gasteiger partial charge in [0.25, 0.3) is 0 Å². The monoisotopic (exact) mass is 339 g/mol. The molecule has 0 spiro atoms. The van der Waals surface area contributed by atoms with Gasteiger partial charge in [-0.15, -0.1) is 0 Å². The van der Waals surface area contributed by atoms with Gasteiger partial charge in [-0.3, -0.25) is 9.69 Å². The Hall–Kier alpha value is -3.06. The Kier molecular flexibility index (Phi) is 4.85. The van der Waals surface area contributed by atoms with Crippen LogP contribution >= 0.6 is 0 Å². The number of rotatable bonds is 5. The minimum Gasteiger partial charge on any atom is -0.383 e. The standard InChI is InChI=1S/C18H18FN5O/c1-24(11-17(25)21-13-8-6-12(19)7-9-13)10-16-22-15-5-3-2-4-14(15)18(20)23-16/h2-9H,10-11H2,1H3,(H,21,25)(H2,20,22,23). The predicted molar refractivity (Wildman–Crippen MR) is 95.3 cm³/mol. The van der Waals surface area contributed by atoms with Crippen LogP contribution in [0.5, 0.6) is 0 Å². The number of amides is 1. The van der Waals surface area contributed by atoms with E-state index in [0.717, 1.165) is 10.9 Å². The molecule has 3 rings (SSSR count). The first-order chi connectivity index (χ1) is 12.0. The van der Waals surface area contributed by atoms with Gasteiger partial charge in [0.05, 0.1) is 18.6 Å². The van der Waals surface area contributed by atoms with Crippen molar-refractivity contribution in [2.75, 3.05) is 24.6 Å². The van der Waals surface area contributed by atoms with E-state index in [9.17, 15) is 9.18 Å². The summed E-state index contributed by atoms with van der Waals surface area (Å²) in [5, 5.41) is 3.52. The van der Waals surface area contributed by atoms with E-state index in [1.165, 1.54) is 24.3 Å². The topological polar surface area (TPSA) is 84.1 Å². The van der Waals surface area contributed by atoms with Gasteiger partial charge in [-0.1, -0.05) is 12.1 Å². The molecule has 2 aromatic carbocycles. The summed E-state index contributed by atoms with van der Waals surface area (Å²) in [6.07, 6.45) is 0. The fraction of sp³-hybridized carbons (Fsp3) is 0.167. The fourth-order valence-corrected chi connectivity index (χ4v) is 2.50. The van der Waals surface area contributed by atoms with E-state index >= 15 is 0 Å². The number of para-hydroxylation sites is 1. The number of hydrogen-bond acceptors (Lipinski definition) is 5. The van der Waals surface area contributed by atoms with Crippen molar-refractivity contribution in [3.63, 3.8) is 0 Å². The van der Waals surface area contributed by atoms with Crippen LogP contribution in [-0.4, -0.2) is 34.4 Å². The van der Waals surface area contributed by atoms with Crippen LogP contribution in [0.2, 0.25) is 0 Å². The maximum Gasteiger partial charge on any atom is 0.238 e. The number of nitrogens with one attached hydrogen (secondary N) is 1. The molecule has 6 nitrogen and oxygen atoms in total. The van der Waals surface area contributed by atoms with Gasteiger partial charge < -0.3 is 11.1 Å². The number of carbonyl (C=O) groups is 1. The number of carbonyl (C=O) groups excluding carboxylic acids is 1. The van der Waals surface area contributed by atoms with Crippen molar-refractivity contribution in [2.45, 2.75) is 6.54 Å². The highest BCUT2D eigenvalue weighted by atomic mass is 19.1. The minimum absolute atomic E-state index is 0.146. The molecule has 25 heavy (non-hydrogen) atoms. The van der Waals surface area contributed by atoms with E-state index in [1.807, 2.05) is 24.3 Å². The van der Waals surface area contributed by atoms with E-state index in [1.54, 1.807) is 11.9 Å². The summed E-state index contributed by atoms with van der Waals surface area (Å²) in [7, 11) is 1.79. The fourth-order valence-electron chi connectivity index (χ4n) is 2.50. The number of nitrogen functional groups attached to an aromatic ring is 1. The first kappa shape index (κ1) is 16.8. The van der Waals surface area contributed by atoms with Crippen LogP contribution in [0.25, 0.3) is 10.9 Å². The van der Waals surface area contributed by atoms with Crippen molar-refractivity contribution in [3.05, 3.63) is 60.2 Å². The summed E-state index contributed by atoms with van der Waals surface area (Å²) in [6.45, 7) is 0.527. The molecule has 7 heteroatoms. The molecule has 0 saturated carbocycles. The maximum atomic E-state index is 12.9. The Morgan fingerprint density at radius 2 is 1.88 bits per heavy atom. The number of benzene rings is 2. The second-order valence-corrected chi connectivity index (χ2v) is 5.77. The van der Waals surface area contributed by atoms with Gasteiger partial charge in [0.1, 0.15) is 17.5 Å². The third-order valence-corrected chi connectivity index (χ3v) is 3.63. The van der Waals surface area contributed by atoms with Gasteiger partial charge in [-0.25, -0.2) is 14.4 Å². The highest BCUT2D eigenvalue weighted by molar-refractivity contribution is 5.92. The second-order valence-electron chi connectivity index (χ2n) is 5.77. The molecule has 0 fully saturated rings. The Bertz CT molecular complexity index is 898. The molecule has 0 saturated heterocycles. The average Bonchev–Trinajstić information content (AvgIpc) is 2.57. The molecule has 1 aromatic heterocycles. The SMILES string of the molecule is CN(CC(=O)Nc1ccc(F)cc1)Cc1nc(N)c2ccccc2n1. The predicted octanol–water partition coefficient (Wildman–Crippen LogP) is 2.42. The van der Waals surface area contributed by atoms with Gasteiger partial charge in [0, 0.05) is 11.1 Å². The van der Waals surface area contributed by atoms with E-state index < -0.39 is 0 Å². The molecule has 3 aromatic rings. The van der Waals surface area contributed by atoms with Gasteiger partial charge in [0.2, 0.25) is 5.91 Å². The average molecular weight is 339 g/mol. The molecule has 0 unspecified atom stereocenters. The molecular formula is C18H18FN5O. The van der Waals surface area contributed by atoms with Gasteiger partial charge in [0.15, 0.2) is 0 Å². The van der Waals surface area contributed by atoms with E-state index in [-0.39, 0.29) is 18.3 Å². The molecule has 3 N–H and O–H groups in total. The van der Waals surface area contributed by atoms with Crippen molar-refractivity contribution in [2.24, 2.45) is 0 Å². The zero-order valence-corrected chi connectivity index (χ0v) is 13.7. The van der Waals surface area contributed by atoms with Crippen molar-refractivity contribution in [3.8, 4) is 0 Å². The van der Waals surface area contributed by atoms with Crippen molar-refractivity contribution >= 4 is 28.3 Å². The third-order valence-electron chi connectivity index (χ3n) is 3.63. The molecule has 0 aliphatic rings. The number of hydrogen-bond donors (Lipinski definition) is 2. The highest BCUT2D eigenvalue weighted by Crippen LogP contribution is 2.17. The summed E-state index contributed by atoms with van der Waals surface area (Å²) in [6, 6.07) is 13.1. The molecule has 128 valence electrons. The van der Waals surface area contributed by atoms with Crippen LogP contribution in [0.4, 0.5) is 15.9 Å².